The fourth-order valence-electron chi connectivity index (χ4n) is 2.13. The third-order valence-corrected chi connectivity index (χ3v) is 3.53. The van der Waals surface area contributed by atoms with E-state index in [9.17, 15) is 0 Å². The van der Waals surface area contributed by atoms with E-state index in [1.807, 2.05) is 0 Å². The van der Waals surface area contributed by atoms with Crippen molar-refractivity contribution in [3.05, 3.63) is 71.3 Å². The summed E-state index contributed by atoms with van der Waals surface area (Å²) in [7, 11) is 0. The van der Waals surface area contributed by atoms with Crippen LogP contribution >= 0.6 is 15.9 Å². The van der Waals surface area contributed by atoms with Crippen LogP contribution in [-0.4, -0.2) is 16.8 Å². The van der Waals surface area contributed by atoms with Crippen molar-refractivity contribution in [2.24, 2.45) is 0 Å². The summed E-state index contributed by atoms with van der Waals surface area (Å²) in [6.07, 6.45) is 0. The number of hydrogen-bond acceptors (Lipinski definition) is 1. The smallest absolute Gasteiger partial charge is 0.0237 e. The first kappa shape index (κ1) is 14.3. The van der Waals surface area contributed by atoms with Gasteiger partial charge in [-0.15, -0.1) is 0 Å². The molecule has 0 aliphatic rings. The lowest BCUT2D eigenvalue weighted by Gasteiger charge is -2.21. The largest absolute Gasteiger partial charge is 0.294 e. The zero-order chi connectivity index (χ0) is 13.5. The molecule has 0 bridgehead atoms. The van der Waals surface area contributed by atoms with Crippen molar-refractivity contribution >= 4 is 15.9 Å². The zero-order valence-corrected chi connectivity index (χ0v) is 12.9. The highest BCUT2D eigenvalue weighted by molar-refractivity contribution is 9.09. The Kier molecular flexibility index (Phi) is 5.62. The van der Waals surface area contributed by atoms with Crippen molar-refractivity contribution in [1.82, 2.24) is 4.90 Å². The van der Waals surface area contributed by atoms with Gasteiger partial charge in [-0.05, 0) is 18.1 Å². The van der Waals surface area contributed by atoms with Gasteiger partial charge in [0, 0.05) is 25.0 Å². The van der Waals surface area contributed by atoms with E-state index in [0.29, 0.717) is 0 Å². The summed E-state index contributed by atoms with van der Waals surface area (Å²) in [4.78, 5) is 2.47. The van der Waals surface area contributed by atoms with Crippen molar-refractivity contribution in [3.63, 3.8) is 0 Å². The normalized spacial score (nSPS) is 10.9. The lowest BCUT2D eigenvalue weighted by molar-refractivity contribution is 0.274. The van der Waals surface area contributed by atoms with Crippen LogP contribution in [0, 0.1) is 6.92 Å². The minimum Gasteiger partial charge on any atom is -0.294 e. The molecular formula is C17H20BrN. The van der Waals surface area contributed by atoms with Crippen LogP contribution < -0.4 is 0 Å². The fourth-order valence-corrected chi connectivity index (χ4v) is 2.63. The van der Waals surface area contributed by atoms with Crippen LogP contribution in [0.2, 0.25) is 0 Å². The molecule has 0 radical (unpaired) electrons. The number of hydrogen-bond donors (Lipinski definition) is 0. The molecule has 0 N–H and O–H groups in total. The van der Waals surface area contributed by atoms with Crippen molar-refractivity contribution in [2.45, 2.75) is 20.0 Å². The average molecular weight is 318 g/mol. The molecular weight excluding hydrogens is 298 g/mol. The highest BCUT2D eigenvalue weighted by atomic mass is 79.9. The molecule has 2 aromatic carbocycles. The predicted molar refractivity (Wildman–Crippen MR) is 85.5 cm³/mol. The summed E-state index contributed by atoms with van der Waals surface area (Å²) in [5.41, 5.74) is 4.07. The second-order valence-electron chi connectivity index (χ2n) is 4.87. The maximum Gasteiger partial charge on any atom is 0.0237 e. The molecule has 0 spiro atoms. The summed E-state index contributed by atoms with van der Waals surface area (Å²) in [5.74, 6) is 0. The molecule has 2 rings (SSSR count). The number of aryl methyl sites for hydroxylation is 1. The van der Waals surface area contributed by atoms with E-state index in [1.54, 1.807) is 0 Å². The molecule has 1 nitrogen and oxygen atoms in total. The second-order valence-corrected chi connectivity index (χ2v) is 5.66. The van der Waals surface area contributed by atoms with E-state index in [0.717, 1.165) is 25.0 Å². The van der Waals surface area contributed by atoms with E-state index < -0.39 is 0 Å². The average Bonchev–Trinajstić information content (AvgIpc) is 2.43. The van der Waals surface area contributed by atoms with E-state index in [-0.39, 0.29) is 0 Å². The Balaban J connectivity index is 2.01. The zero-order valence-electron chi connectivity index (χ0n) is 11.3. The molecule has 0 heterocycles. The molecule has 0 fully saturated rings. The molecule has 0 saturated carbocycles. The molecule has 0 aromatic heterocycles. The maximum absolute atomic E-state index is 3.55. The Morgan fingerprint density at radius 2 is 1.42 bits per heavy atom. The Morgan fingerprint density at radius 3 is 2.00 bits per heavy atom. The first-order valence-corrected chi connectivity index (χ1v) is 7.78. The quantitative estimate of drug-likeness (QED) is 0.714. The van der Waals surface area contributed by atoms with Crippen LogP contribution in [0.4, 0.5) is 0 Å². The monoisotopic (exact) mass is 317 g/mol. The first-order chi connectivity index (χ1) is 9.28. The van der Waals surface area contributed by atoms with Gasteiger partial charge in [0.15, 0.2) is 0 Å². The maximum atomic E-state index is 3.55. The van der Waals surface area contributed by atoms with Gasteiger partial charge in [0.05, 0.1) is 0 Å². The number of rotatable bonds is 6. The van der Waals surface area contributed by atoms with E-state index in [1.165, 1.54) is 16.7 Å². The summed E-state index contributed by atoms with van der Waals surface area (Å²) < 4.78 is 0. The molecule has 2 heteroatoms. The Bertz CT molecular complexity index is 478. The lowest BCUT2D eigenvalue weighted by atomic mass is 10.1. The number of alkyl halides is 1. The molecule has 0 aliphatic carbocycles. The standard InChI is InChI=1S/C17H20BrN/c1-15-7-9-17(10-8-15)14-19(12-11-18)13-16-5-3-2-4-6-16/h2-10H,11-14H2,1H3. The minimum absolute atomic E-state index is 1.00. The van der Waals surface area contributed by atoms with E-state index >= 15 is 0 Å². The molecule has 19 heavy (non-hydrogen) atoms. The minimum atomic E-state index is 1.00. The van der Waals surface area contributed by atoms with Gasteiger partial charge in [-0.1, -0.05) is 76.1 Å². The van der Waals surface area contributed by atoms with Gasteiger partial charge in [-0.25, -0.2) is 0 Å². The fraction of sp³-hybridized carbons (Fsp3) is 0.294. The first-order valence-electron chi connectivity index (χ1n) is 6.66. The van der Waals surface area contributed by atoms with Gasteiger partial charge in [-0.2, -0.15) is 0 Å². The van der Waals surface area contributed by atoms with Crippen molar-refractivity contribution in [1.29, 1.82) is 0 Å². The molecule has 2 aromatic rings. The van der Waals surface area contributed by atoms with E-state index in [4.69, 9.17) is 0 Å². The number of halogens is 1. The van der Waals surface area contributed by atoms with Crippen LogP contribution in [-0.2, 0) is 13.1 Å². The van der Waals surface area contributed by atoms with Gasteiger partial charge in [0.1, 0.15) is 0 Å². The topological polar surface area (TPSA) is 3.24 Å². The summed E-state index contributed by atoms with van der Waals surface area (Å²) in [6.45, 7) is 5.19. The third kappa shape index (κ3) is 4.81. The lowest BCUT2D eigenvalue weighted by Crippen LogP contribution is -2.24. The summed E-state index contributed by atoms with van der Waals surface area (Å²) >= 11 is 3.55. The van der Waals surface area contributed by atoms with Crippen molar-refractivity contribution in [2.75, 3.05) is 11.9 Å². The van der Waals surface area contributed by atoms with Gasteiger partial charge in [0.2, 0.25) is 0 Å². The van der Waals surface area contributed by atoms with Crippen molar-refractivity contribution in [3.8, 4) is 0 Å². The van der Waals surface area contributed by atoms with Crippen LogP contribution in [0.1, 0.15) is 16.7 Å². The van der Waals surface area contributed by atoms with Gasteiger partial charge >= 0.3 is 0 Å². The highest BCUT2D eigenvalue weighted by Gasteiger charge is 2.06. The molecule has 0 saturated heterocycles. The van der Waals surface area contributed by atoms with Gasteiger partial charge in [-0.3, -0.25) is 4.90 Å². The van der Waals surface area contributed by atoms with Crippen LogP contribution in [0.3, 0.4) is 0 Å². The summed E-state index contributed by atoms with van der Waals surface area (Å²) in [5, 5.41) is 1.01. The van der Waals surface area contributed by atoms with Gasteiger partial charge < -0.3 is 0 Å². The third-order valence-electron chi connectivity index (χ3n) is 3.18. The molecule has 0 amide bonds. The van der Waals surface area contributed by atoms with Gasteiger partial charge in [0.25, 0.3) is 0 Å². The Labute approximate surface area is 124 Å². The summed E-state index contributed by atoms with van der Waals surface area (Å²) in [6, 6.07) is 19.5. The predicted octanol–water partition coefficient (Wildman–Crippen LogP) is 4.39. The van der Waals surface area contributed by atoms with E-state index in [2.05, 4.69) is 82.4 Å². The highest BCUT2D eigenvalue weighted by Crippen LogP contribution is 2.11. The number of benzene rings is 2. The SMILES string of the molecule is Cc1ccc(CN(CCBr)Cc2ccccc2)cc1. The number of nitrogens with zero attached hydrogens (tertiary/aromatic N) is 1. The van der Waals surface area contributed by atoms with Crippen LogP contribution in [0.25, 0.3) is 0 Å². The van der Waals surface area contributed by atoms with Crippen LogP contribution in [0.5, 0.6) is 0 Å². The molecule has 0 unspecified atom stereocenters. The van der Waals surface area contributed by atoms with Crippen LogP contribution in [0.15, 0.2) is 54.6 Å². The molecule has 0 atom stereocenters. The Hall–Kier alpha value is -1.12. The molecule has 0 aliphatic heterocycles. The second kappa shape index (κ2) is 7.46. The van der Waals surface area contributed by atoms with Crippen molar-refractivity contribution < 1.29 is 0 Å². The molecule has 100 valence electrons. The Morgan fingerprint density at radius 1 is 0.842 bits per heavy atom.